The molecule has 2 N–H and O–H groups in total. The quantitative estimate of drug-likeness (QED) is 0.0772. The van der Waals surface area contributed by atoms with E-state index in [4.69, 9.17) is 16.6 Å². The van der Waals surface area contributed by atoms with Crippen LogP contribution in [0.5, 0.6) is 0 Å². The fraction of sp³-hybridized carbons (Fsp3) is 0.375. The lowest BCUT2D eigenvalue weighted by Gasteiger charge is -2.24. The monoisotopic (exact) mass is 888 g/mol. The van der Waals surface area contributed by atoms with Crippen molar-refractivity contribution in [2.45, 2.75) is 82.7 Å². The molecule has 320 valence electrons. The first-order chi connectivity index (χ1) is 29.2. The standard InChI is InChI=1S/C40H36ClF7N10O2S/c1-3-20-16-49-37(50-17-20)27-15-31(60)58(29-7-6-26(41)32-34(29)56(9-8-42)54-38(32)55-61-24-4-5-24)39(52-27)28(13-21-11-22(43)14-23(44)12-21)51-30(59)18-57-35-25(33(53-57)36(45)46)10-19(2)40(35,47)48/h6-7,11-12,14-17,19,24,28,36H,3-5,8-10,13,18H2,1-2H3,(H,51,59)(H,54,55)/t19-,28?/m0/s1. The number of alkyl halides is 5. The van der Waals surface area contributed by atoms with Gasteiger partial charge in [0.1, 0.15) is 47.8 Å². The number of carbonyl (C=O) groups excluding carboxylic acids is 1. The molecular weight excluding hydrogens is 853 g/mol. The topological polar surface area (TPSA) is 137 Å². The zero-order chi connectivity index (χ0) is 43.3. The van der Waals surface area contributed by atoms with Gasteiger partial charge in [-0.05, 0) is 73.0 Å². The maximum absolute atomic E-state index is 15.5. The molecule has 2 aliphatic carbocycles. The maximum atomic E-state index is 15.5. The number of benzene rings is 2. The second-order valence-electron chi connectivity index (χ2n) is 14.9. The van der Waals surface area contributed by atoms with Crippen LogP contribution in [-0.4, -0.2) is 56.9 Å². The minimum absolute atomic E-state index is 0.000119. The van der Waals surface area contributed by atoms with Gasteiger partial charge >= 0.3 is 0 Å². The van der Waals surface area contributed by atoms with Crippen molar-refractivity contribution >= 4 is 46.2 Å². The summed E-state index contributed by atoms with van der Waals surface area (Å²) in [6, 6.07) is 5.18. The van der Waals surface area contributed by atoms with Gasteiger partial charge in [-0.1, -0.05) is 25.4 Å². The average Bonchev–Trinajstić information content (AvgIpc) is 3.80. The Kier molecular flexibility index (Phi) is 11.6. The number of fused-ring (bicyclic) bond motifs is 2. The van der Waals surface area contributed by atoms with Gasteiger partial charge < -0.3 is 10.0 Å². The Morgan fingerprint density at radius 1 is 1.03 bits per heavy atom. The molecule has 1 saturated carbocycles. The highest BCUT2D eigenvalue weighted by atomic mass is 35.5. The number of halogens is 8. The van der Waals surface area contributed by atoms with E-state index in [1.807, 2.05) is 6.92 Å². The van der Waals surface area contributed by atoms with Gasteiger partial charge in [-0.25, -0.2) is 36.9 Å². The summed E-state index contributed by atoms with van der Waals surface area (Å²) < 4.78 is 109. The molecule has 1 unspecified atom stereocenters. The number of aromatic nitrogens is 8. The van der Waals surface area contributed by atoms with E-state index < -0.39 is 84.9 Å². The predicted molar refractivity (Wildman–Crippen MR) is 214 cm³/mol. The van der Waals surface area contributed by atoms with Crippen LogP contribution in [0, 0.1) is 17.6 Å². The van der Waals surface area contributed by atoms with Gasteiger partial charge in [0.25, 0.3) is 17.9 Å². The molecule has 12 nitrogen and oxygen atoms in total. The molecule has 1 amide bonds. The van der Waals surface area contributed by atoms with Gasteiger partial charge in [0.05, 0.1) is 34.2 Å². The van der Waals surface area contributed by atoms with E-state index in [0.29, 0.717) is 27.8 Å². The molecular formula is C40H36ClF7N10O2S. The summed E-state index contributed by atoms with van der Waals surface area (Å²) in [5.41, 5.74) is -1.91. The number of carbonyl (C=O) groups is 1. The number of anilines is 1. The Bertz CT molecular complexity index is 2690. The summed E-state index contributed by atoms with van der Waals surface area (Å²) in [5, 5.41) is 11.8. The molecule has 21 heteroatoms. The van der Waals surface area contributed by atoms with E-state index in [9.17, 15) is 31.5 Å². The number of hydrogen-bond acceptors (Lipinski definition) is 9. The second-order valence-corrected chi connectivity index (χ2v) is 16.4. The van der Waals surface area contributed by atoms with Crippen molar-refractivity contribution in [1.29, 1.82) is 0 Å². The van der Waals surface area contributed by atoms with Gasteiger partial charge in [-0.3, -0.25) is 23.5 Å². The van der Waals surface area contributed by atoms with Crippen LogP contribution in [0.25, 0.3) is 28.1 Å². The van der Waals surface area contributed by atoms with Crippen molar-refractivity contribution in [2.75, 3.05) is 11.4 Å². The van der Waals surface area contributed by atoms with Crippen LogP contribution in [0.4, 0.5) is 36.6 Å². The summed E-state index contributed by atoms with van der Waals surface area (Å²) in [5.74, 6) is -7.92. The highest BCUT2D eigenvalue weighted by Gasteiger charge is 2.51. The van der Waals surface area contributed by atoms with Crippen LogP contribution in [0.2, 0.25) is 5.02 Å². The van der Waals surface area contributed by atoms with Crippen molar-refractivity contribution in [3.8, 4) is 17.2 Å². The van der Waals surface area contributed by atoms with Gasteiger partial charge in [0.15, 0.2) is 11.6 Å². The highest BCUT2D eigenvalue weighted by molar-refractivity contribution is 8.01. The molecule has 4 heterocycles. The van der Waals surface area contributed by atoms with Crippen molar-refractivity contribution in [2.24, 2.45) is 5.92 Å². The Labute approximate surface area is 352 Å². The predicted octanol–water partition coefficient (Wildman–Crippen LogP) is 8.24. The van der Waals surface area contributed by atoms with Gasteiger partial charge in [0, 0.05) is 47.7 Å². The SMILES string of the molecule is CCc1cnc(-c2cc(=O)n(-c3ccc(Cl)c4c(NSC5CC5)nn(CCF)c34)c(C(Cc3cc(F)cc(F)c3)NC(=O)Cn3nc(C(F)F)c4c3C(F)(F)[C@@H](C)C4)n2)nc1. The van der Waals surface area contributed by atoms with Crippen LogP contribution in [0.1, 0.15) is 73.1 Å². The van der Waals surface area contributed by atoms with Crippen LogP contribution < -0.4 is 15.6 Å². The van der Waals surface area contributed by atoms with Crippen molar-refractivity contribution in [3.63, 3.8) is 0 Å². The Balaban J connectivity index is 1.32. The molecule has 1 fully saturated rings. The molecule has 8 rings (SSSR count). The van der Waals surface area contributed by atoms with Crippen LogP contribution >= 0.6 is 23.5 Å². The summed E-state index contributed by atoms with van der Waals surface area (Å²) >= 11 is 8.17. The van der Waals surface area contributed by atoms with Crippen molar-refractivity contribution in [1.82, 2.24) is 44.4 Å². The largest absolute Gasteiger partial charge is 0.344 e. The van der Waals surface area contributed by atoms with Crippen molar-refractivity contribution < 1.29 is 35.5 Å². The fourth-order valence-electron chi connectivity index (χ4n) is 7.44. The first-order valence-electron chi connectivity index (χ1n) is 19.3. The van der Waals surface area contributed by atoms with E-state index in [1.54, 1.807) is 0 Å². The van der Waals surface area contributed by atoms with E-state index in [1.165, 1.54) is 48.1 Å². The molecule has 0 radical (unpaired) electrons. The molecule has 4 aromatic heterocycles. The van der Waals surface area contributed by atoms with Crippen LogP contribution in [0.3, 0.4) is 0 Å². The second kappa shape index (κ2) is 16.8. The molecule has 2 aliphatic rings. The third-order valence-corrected chi connectivity index (χ3v) is 12.0. The number of nitrogens with zero attached hydrogens (tertiary/aromatic N) is 8. The molecule has 2 aromatic carbocycles. The summed E-state index contributed by atoms with van der Waals surface area (Å²) in [6.07, 6.45) is 1.54. The third kappa shape index (κ3) is 8.30. The third-order valence-electron chi connectivity index (χ3n) is 10.5. The number of aryl methyl sites for hydroxylation is 2. The molecule has 0 spiro atoms. The van der Waals surface area contributed by atoms with Gasteiger partial charge in [-0.15, -0.1) is 0 Å². The zero-order valence-corrected chi connectivity index (χ0v) is 34.0. The smallest absolute Gasteiger partial charge is 0.292 e. The molecule has 61 heavy (non-hydrogen) atoms. The van der Waals surface area contributed by atoms with E-state index in [-0.39, 0.29) is 57.1 Å². The zero-order valence-electron chi connectivity index (χ0n) is 32.4. The summed E-state index contributed by atoms with van der Waals surface area (Å²) in [4.78, 5) is 42.2. The van der Waals surface area contributed by atoms with Gasteiger partial charge in [0.2, 0.25) is 5.91 Å². The molecule has 0 saturated heterocycles. The normalized spacial score (nSPS) is 16.3. The lowest BCUT2D eigenvalue weighted by Crippen LogP contribution is -2.38. The van der Waals surface area contributed by atoms with Gasteiger partial charge in [-0.2, -0.15) is 19.0 Å². The highest BCUT2D eigenvalue weighted by Crippen LogP contribution is 2.48. The molecule has 0 aliphatic heterocycles. The van der Waals surface area contributed by atoms with E-state index in [2.05, 4.69) is 30.2 Å². The number of nitrogens with one attached hydrogen (secondary N) is 2. The molecule has 2 atom stereocenters. The summed E-state index contributed by atoms with van der Waals surface area (Å²) in [6.45, 7) is 0.960. The Morgan fingerprint density at radius 2 is 1.75 bits per heavy atom. The number of hydrogen-bond donors (Lipinski definition) is 2. The van der Waals surface area contributed by atoms with Crippen LogP contribution in [-0.2, 0) is 43.1 Å². The minimum Gasteiger partial charge on any atom is -0.344 e. The number of rotatable bonds is 15. The minimum atomic E-state index is -3.61. The van der Waals surface area contributed by atoms with E-state index >= 15 is 8.78 Å². The molecule has 0 bridgehead atoms. The summed E-state index contributed by atoms with van der Waals surface area (Å²) in [7, 11) is 0. The Hall–Kier alpha value is -5.50. The molecule has 6 aromatic rings. The lowest BCUT2D eigenvalue weighted by atomic mass is 10.0. The maximum Gasteiger partial charge on any atom is 0.292 e. The average molecular weight is 889 g/mol. The first kappa shape index (κ1) is 42.2. The fourth-order valence-corrected chi connectivity index (χ4v) is 8.47. The first-order valence-corrected chi connectivity index (χ1v) is 20.5. The van der Waals surface area contributed by atoms with Crippen LogP contribution in [0.15, 0.2) is 53.6 Å². The lowest BCUT2D eigenvalue weighted by molar-refractivity contribution is -0.123. The van der Waals surface area contributed by atoms with Crippen molar-refractivity contribution in [3.05, 3.63) is 110 Å². The number of amides is 1. The van der Waals surface area contributed by atoms with E-state index in [0.717, 1.165) is 41.2 Å². The Morgan fingerprint density at radius 3 is 2.41 bits per heavy atom.